The van der Waals surface area contributed by atoms with Crippen molar-refractivity contribution in [2.75, 3.05) is 26.2 Å². The van der Waals surface area contributed by atoms with Gasteiger partial charge in [-0.05, 0) is 50.8 Å². The third kappa shape index (κ3) is 4.64. The lowest BCUT2D eigenvalue weighted by Gasteiger charge is -2.21. The summed E-state index contributed by atoms with van der Waals surface area (Å²) in [6, 6.07) is 10.4. The molecule has 110 valence electrons. The maximum atomic E-state index is 12.3. The van der Waals surface area contributed by atoms with E-state index in [2.05, 4.69) is 36.5 Å². The summed E-state index contributed by atoms with van der Waals surface area (Å²) in [7, 11) is 0. The van der Waals surface area contributed by atoms with E-state index in [1.807, 2.05) is 11.0 Å². The van der Waals surface area contributed by atoms with Crippen LogP contribution < -0.4 is 5.32 Å². The van der Waals surface area contributed by atoms with E-state index >= 15 is 0 Å². The van der Waals surface area contributed by atoms with E-state index in [4.69, 9.17) is 0 Å². The maximum Gasteiger partial charge on any atom is 0.222 e. The highest BCUT2D eigenvalue weighted by Gasteiger charge is 2.18. The van der Waals surface area contributed by atoms with E-state index in [-0.39, 0.29) is 0 Å². The number of hydrogen-bond acceptors (Lipinski definition) is 2. The molecule has 20 heavy (non-hydrogen) atoms. The van der Waals surface area contributed by atoms with Crippen LogP contribution in [-0.2, 0) is 11.2 Å². The number of rotatable bonds is 7. The summed E-state index contributed by atoms with van der Waals surface area (Å²) in [5.41, 5.74) is 1.30. The summed E-state index contributed by atoms with van der Waals surface area (Å²) in [6.07, 6.45) is 3.91. The van der Waals surface area contributed by atoms with Crippen molar-refractivity contribution in [2.45, 2.75) is 32.6 Å². The fourth-order valence-electron chi connectivity index (χ4n) is 2.81. The topological polar surface area (TPSA) is 32.3 Å². The Morgan fingerprint density at radius 3 is 2.80 bits per heavy atom. The first kappa shape index (κ1) is 15.0. The van der Waals surface area contributed by atoms with E-state index in [1.54, 1.807) is 0 Å². The largest absolute Gasteiger partial charge is 0.343 e. The Labute approximate surface area is 122 Å². The Balaban J connectivity index is 1.73. The number of hydrogen-bond donors (Lipinski definition) is 1. The minimum atomic E-state index is 0.315. The van der Waals surface area contributed by atoms with Gasteiger partial charge in [-0.3, -0.25) is 4.79 Å². The predicted octanol–water partition coefficient (Wildman–Crippen LogP) is 2.47. The molecule has 0 saturated carbocycles. The highest BCUT2D eigenvalue weighted by Crippen LogP contribution is 2.15. The molecule has 1 unspecified atom stereocenters. The second-order valence-electron chi connectivity index (χ2n) is 5.61. The second kappa shape index (κ2) is 8.05. The van der Waals surface area contributed by atoms with Gasteiger partial charge in [0.2, 0.25) is 5.91 Å². The summed E-state index contributed by atoms with van der Waals surface area (Å²) in [6.45, 7) is 5.92. The molecular weight excluding hydrogens is 248 g/mol. The number of benzene rings is 1. The Morgan fingerprint density at radius 2 is 2.15 bits per heavy atom. The van der Waals surface area contributed by atoms with Crippen LogP contribution in [0.4, 0.5) is 0 Å². The van der Waals surface area contributed by atoms with E-state index < -0.39 is 0 Å². The fraction of sp³-hybridized carbons (Fsp3) is 0.588. The van der Waals surface area contributed by atoms with E-state index in [0.717, 1.165) is 39.0 Å². The lowest BCUT2D eigenvalue weighted by molar-refractivity contribution is -0.131. The Bertz CT molecular complexity index is 399. The van der Waals surface area contributed by atoms with Crippen molar-refractivity contribution in [2.24, 2.45) is 5.92 Å². The zero-order chi connectivity index (χ0) is 14.2. The molecule has 3 nitrogen and oxygen atoms in total. The van der Waals surface area contributed by atoms with Gasteiger partial charge < -0.3 is 10.2 Å². The van der Waals surface area contributed by atoms with Crippen molar-refractivity contribution in [3.05, 3.63) is 35.9 Å². The SMILES string of the molecule is CCN(CCc1ccccc1)C(=O)CCC1CCNC1. The molecule has 0 spiro atoms. The maximum absolute atomic E-state index is 12.3. The van der Waals surface area contributed by atoms with Crippen LogP contribution in [0.25, 0.3) is 0 Å². The molecule has 1 amide bonds. The lowest BCUT2D eigenvalue weighted by Crippen LogP contribution is -2.33. The van der Waals surface area contributed by atoms with Crippen molar-refractivity contribution in [3.8, 4) is 0 Å². The van der Waals surface area contributed by atoms with Gasteiger partial charge in [-0.25, -0.2) is 0 Å². The molecule has 3 heteroatoms. The van der Waals surface area contributed by atoms with E-state index in [9.17, 15) is 4.79 Å². The van der Waals surface area contributed by atoms with Gasteiger partial charge in [0.1, 0.15) is 0 Å². The molecule has 1 aromatic rings. The highest BCUT2D eigenvalue weighted by atomic mass is 16.2. The van der Waals surface area contributed by atoms with Gasteiger partial charge in [0.15, 0.2) is 0 Å². The highest BCUT2D eigenvalue weighted by molar-refractivity contribution is 5.76. The van der Waals surface area contributed by atoms with Gasteiger partial charge in [-0.2, -0.15) is 0 Å². The molecule has 1 aliphatic rings. The van der Waals surface area contributed by atoms with Gasteiger partial charge in [-0.1, -0.05) is 30.3 Å². The van der Waals surface area contributed by atoms with E-state index in [0.29, 0.717) is 18.2 Å². The first-order valence-corrected chi connectivity index (χ1v) is 7.82. The molecule has 0 aromatic heterocycles. The molecule has 1 heterocycles. The molecule has 1 atom stereocenters. The summed E-state index contributed by atoms with van der Waals surface area (Å²) < 4.78 is 0. The van der Waals surface area contributed by atoms with Crippen molar-refractivity contribution < 1.29 is 4.79 Å². The van der Waals surface area contributed by atoms with Crippen LogP contribution in [0.2, 0.25) is 0 Å². The third-order valence-corrected chi connectivity index (χ3v) is 4.18. The molecule has 2 rings (SSSR count). The van der Waals surface area contributed by atoms with Gasteiger partial charge in [0, 0.05) is 19.5 Å². The standard InChI is InChI=1S/C17H26N2O/c1-2-19(13-11-15-6-4-3-5-7-15)17(20)9-8-16-10-12-18-14-16/h3-7,16,18H,2,8-14H2,1H3. The molecular formula is C17H26N2O. The van der Waals surface area contributed by atoms with Gasteiger partial charge in [0.05, 0.1) is 0 Å². The first-order valence-electron chi connectivity index (χ1n) is 7.82. The van der Waals surface area contributed by atoms with Gasteiger partial charge >= 0.3 is 0 Å². The quantitative estimate of drug-likeness (QED) is 0.828. The van der Waals surface area contributed by atoms with Crippen LogP contribution >= 0.6 is 0 Å². The monoisotopic (exact) mass is 274 g/mol. The average Bonchev–Trinajstić information content (AvgIpc) is 3.00. The van der Waals surface area contributed by atoms with Crippen molar-refractivity contribution in [1.29, 1.82) is 0 Å². The number of amides is 1. The number of nitrogens with zero attached hydrogens (tertiary/aromatic N) is 1. The van der Waals surface area contributed by atoms with Crippen LogP contribution in [-0.4, -0.2) is 37.0 Å². The number of carbonyl (C=O) groups is 1. The third-order valence-electron chi connectivity index (χ3n) is 4.18. The molecule has 1 aliphatic heterocycles. The van der Waals surface area contributed by atoms with Gasteiger partial charge in [-0.15, -0.1) is 0 Å². The first-order chi connectivity index (χ1) is 9.79. The summed E-state index contributed by atoms with van der Waals surface area (Å²) in [4.78, 5) is 14.3. The van der Waals surface area contributed by atoms with Crippen molar-refractivity contribution in [1.82, 2.24) is 10.2 Å². The molecule has 0 bridgehead atoms. The van der Waals surface area contributed by atoms with Crippen LogP contribution in [0, 0.1) is 5.92 Å². The predicted molar refractivity (Wildman–Crippen MR) is 82.6 cm³/mol. The number of carbonyl (C=O) groups excluding carboxylic acids is 1. The smallest absolute Gasteiger partial charge is 0.222 e. The average molecular weight is 274 g/mol. The Kier molecular flexibility index (Phi) is 6.06. The molecule has 1 fully saturated rings. The van der Waals surface area contributed by atoms with Crippen LogP contribution in [0.15, 0.2) is 30.3 Å². The van der Waals surface area contributed by atoms with Crippen molar-refractivity contribution in [3.63, 3.8) is 0 Å². The lowest BCUT2D eigenvalue weighted by atomic mass is 10.0. The van der Waals surface area contributed by atoms with Crippen LogP contribution in [0.1, 0.15) is 31.7 Å². The van der Waals surface area contributed by atoms with Crippen molar-refractivity contribution >= 4 is 5.91 Å². The zero-order valence-corrected chi connectivity index (χ0v) is 12.5. The second-order valence-corrected chi connectivity index (χ2v) is 5.61. The van der Waals surface area contributed by atoms with E-state index in [1.165, 1.54) is 12.0 Å². The Hall–Kier alpha value is -1.35. The minimum absolute atomic E-state index is 0.315. The number of likely N-dealkylation sites (N-methyl/N-ethyl adjacent to an activating group) is 1. The van der Waals surface area contributed by atoms with Crippen LogP contribution in [0.5, 0.6) is 0 Å². The summed E-state index contributed by atoms with van der Waals surface area (Å²) in [5, 5.41) is 3.36. The normalized spacial score (nSPS) is 18.1. The van der Waals surface area contributed by atoms with Gasteiger partial charge in [0.25, 0.3) is 0 Å². The number of nitrogens with one attached hydrogen (secondary N) is 1. The molecule has 1 saturated heterocycles. The zero-order valence-electron chi connectivity index (χ0n) is 12.5. The Morgan fingerprint density at radius 1 is 1.35 bits per heavy atom. The molecule has 0 aliphatic carbocycles. The summed E-state index contributed by atoms with van der Waals surface area (Å²) in [5.74, 6) is 1.02. The minimum Gasteiger partial charge on any atom is -0.343 e. The molecule has 1 aromatic carbocycles. The summed E-state index contributed by atoms with van der Waals surface area (Å²) >= 11 is 0. The molecule has 1 N–H and O–H groups in total. The fourth-order valence-corrected chi connectivity index (χ4v) is 2.81. The van der Waals surface area contributed by atoms with Crippen LogP contribution in [0.3, 0.4) is 0 Å². The molecule has 0 radical (unpaired) electrons.